The Hall–Kier alpha value is -2.63. The number of benzene rings is 1. The van der Waals surface area contributed by atoms with E-state index in [4.69, 9.17) is 0 Å². The van der Waals surface area contributed by atoms with Gasteiger partial charge in [-0.25, -0.2) is 4.98 Å². The monoisotopic (exact) mass is 396 g/mol. The molecule has 1 aromatic heterocycles. The minimum Gasteiger partial charge on any atom is -0.353 e. The van der Waals surface area contributed by atoms with E-state index in [0.717, 1.165) is 23.5 Å². The Kier molecular flexibility index (Phi) is 6.72. The first kappa shape index (κ1) is 21.1. The molecule has 0 bridgehead atoms. The van der Waals surface area contributed by atoms with Crippen molar-refractivity contribution in [2.45, 2.75) is 65.5 Å². The second kappa shape index (κ2) is 9.25. The van der Waals surface area contributed by atoms with Gasteiger partial charge in [0.25, 0.3) is 0 Å². The van der Waals surface area contributed by atoms with Crippen molar-refractivity contribution in [3.63, 3.8) is 0 Å². The van der Waals surface area contributed by atoms with E-state index in [0.29, 0.717) is 24.8 Å². The van der Waals surface area contributed by atoms with Crippen molar-refractivity contribution in [1.82, 2.24) is 14.9 Å². The van der Waals surface area contributed by atoms with Crippen LogP contribution in [0, 0.1) is 11.8 Å². The molecule has 6 heteroatoms. The first-order valence-electron chi connectivity index (χ1n) is 10.5. The van der Waals surface area contributed by atoms with Gasteiger partial charge in [0.05, 0.1) is 0 Å². The van der Waals surface area contributed by atoms with Crippen LogP contribution in [0.1, 0.15) is 64.3 Å². The van der Waals surface area contributed by atoms with E-state index in [1.54, 1.807) is 0 Å². The Labute approximate surface area is 173 Å². The molecule has 2 heterocycles. The summed E-state index contributed by atoms with van der Waals surface area (Å²) in [5.74, 6) is 1.50. The normalized spacial score (nSPS) is 19.4. The Morgan fingerprint density at radius 1 is 1.31 bits per heavy atom. The summed E-state index contributed by atoms with van der Waals surface area (Å²) in [7, 11) is 0. The van der Waals surface area contributed by atoms with Gasteiger partial charge in [-0.1, -0.05) is 39.8 Å². The molecule has 0 spiro atoms. The number of carbonyl (C=O) groups is 2. The molecular formula is C23H32N4O2. The lowest BCUT2D eigenvalue weighted by Crippen LogP contribution is -2.46. The van der Waals surface area contributed by atoms with Gasteiger partial charge >= 0.3 is 0 Å². The number of carbonyl (C=O) groups excluding carboxylic acids is 2. The topological polar surface area (TPSA) is 76.0 Å². The summed E-state index contributed by atoms with van der Waals surface area (Å²) in [4.78, 5) is 29.3. The third-order valence-corrected chi connectivity index (χ3v) is 5.30. The predicted octanol–water partition coefficient (Wildman–Crippen LogP) is 3.93. The molecule has 6 nitrogen and oxygen atoms in total. The molecule has 2 N–H and O–H groups in total. The molecule has 1 saturated heterocycles. The Morgan fingerprint density at radius 3 is 2.83 bits per heavy atom. The summed E-state index contributed by atoms with van der Waals surface area (Å²) < 4.78 is 2.13. The van der Waals surface area contributed by atoms with Gasteiger partial charge in [0.1, 0.15) is 5.82 Å². The fraction of sp³-hybridized carbons (Fsp3) is 0.522. The minimum atomic E-state index is -0.280. The van der Waals surface area contributed by atoms with Crippen LogP contribution in [-0.4, -0.2) is 27.4 Å². The number of amides is 2. The maximum Gasteiger partial charge on any atom is 0.228 e. The fourth-order valence-electron chi connectivity index (χ4n) is 4.06. The maximum absolute atomic E-state index is 12.8. The summed E-state index contributed by atoms with van der Waals surface area (Å²) in [6.07, 6.45) is 5.65. The molecule has 29 heavy (non-hydrogen) atoms. The second-order valence-electron chi connectivity index (χ2n) is 8.79. The number of piperidine rings is 1. The van der Waals surface area contributed by atoms with Crippen LogP contribution in [0.15, 0.2) is 36.7 Å². The average Bonchev–Trinajstić information content (AvgIpc) is 3.09. The fourth-order valence-corrected chi connectivity index (χ4v) is 4.06. The number of imidazole rings is 1. The third kappa shape index (κ3) is 5.68. The summed E-state index contributed by atoms with van der Waals surface area (Å²) in [5.41, 5.74) is 1.87. The largest absolute Gasteiger partial charge is 0.353 e. The smallest absolute Gasteiger partial charge is 0.228 e. The number of hydrogen-bond acceptors (Lipinski definition) is 3. The van der Waals surface area contributed by atoms with Gasteiger partial charge in [0.15, 0.2) is 0 Å². The standard InChI is InChI=1S/C23H32N4O2/c1-15(2)10-20-12-18(13-21(28)25-20)23(29)26-19-7-5-6-17(11-19)14-27-9-8-24-22(27)16(3)4/h5-9,11,15-16,18,20H,10,12-14H2,1-4H3,(H,25,28)(H,26,29)/t18-,20+/m0/s1. The molecule has 1 aromatic carbocycles. The van der Waals surface area contributed by atoms with Crippen LogP contribution in [0.4, 0.5) is 5.69 Å². The third-order valence-electron chi connectivity index (χ3n) is 5.30. The number of hydrogen-bond donors (Lipinski definition) is 2. The van der Waals surface area contributed by atoms with Crippen LogP contribution < -0.4 is 10.6 Å². The van der Waals surface area contributed by atoms with E-state index < -0.39 is 0 Å². The molecule has 0 saturated carbocycles. The first-order chi connectivity index (χ1) is 13.8. The Balaban J connectivity index is 1.65. The van der Waals surface area contributed by atoms with Crippen LogP contribution in [0.2, 0.25) is 0 Å². The van der Waals surface area contributed by atoms with Crippen LogP contribution in [0.3, 0.4) is 0 Å². The molecule has 0 unspecified atom stereocenters. The van der Waals surface area contributed by atoms with E-state index in [1.807, 2.05) is 36.7 Å². The Morgan fingerprint density at radius 2 is 2.10 bits per heavy atom. The van der Waals surface area contributed by atoms with Crippen LogP contribution >= 0.6 is 0 Å². The lowest BCUT2D eigenvalue weighted by atomic mass is 9.87. The highest BCUT2D eigenvalue weighted by molar-refractivity contribution is 5.95. The number of rotatable bonds is 7. The Bertz CT molecular complexity index is 856. The van der Waals surface area contributed by atoms with Gasteiger partial charge in [-0.3, -0.25) is 9.59 Å². The summed E-state index contributed by atoms with van der Waals surface area (Å²) in [6, 6.07) is 7.97. The van der Waals surface area contributed by atoms with Gasteiger partial charge in [-0.15, -0.1) is 0 Å². The van der Waals surface area contributed by atoms with Crippen molar-refractivity contribution in [3.05, 3.63) is 48.0 Å². The van der Waals surface area contributed by atoms with Gasteiger partial charge < -0.3 is 15.2 Å². The number of nitrogens with zero attached hydrogens (tertiary/aromatic N) is 2. The molecule has 2 atom stereocenters. The van der Waals surface area contributed by atoms with E-state index >= 15 is 0 Å². The van der Waals surface area contributed by atoms with E-state index in [1.165, 1.54) is 0 Å². The SMILES string of the molecule is CC(C)C[C@@H]1C[C@H](C(=O)Nc2cccc(Cn3ccnc3C(C)C)c2)CC(=O)N1. The predicted molar refractivity (Wildman–Crippen MR) is 115 cm³/mol. The van der Waals surface area contributed by atoms with Gasteiger partial charge in [0, 0.05) is 48.9 Å². The molecule has 2 amide bonds. The van der Waals surface area contributed by atoms with Gasteiger partial charge in [-0.2, -0.15) is 0 Å². The number of aromatic nitrogens is 2. The zero-order valence-corrected chi connectivity index (χ0v) is 17.8. The highest BCUT2D eigenvalue weighted by Crippen LogP contribution is 2.24. The molecule has 156 valence electrons. The van der Waals surface area contributed by atoms with Crippen LogP contribution in [0.5, 0.6) is 0 Å². The molecule has 3 rings (SSSR count). The molecule has 1 aliphatic rings. The number of nitrogens with one attached hydrogen (secondary N) is 2. The summed E-state index contributed by atoms with van der Waals surface area (Å²) >= 11 is 0. The van der Waals surface area contributed by atoms with Crippen molar-refractivity contribution >= 4 is 17.5 Å². The summed E-state index contributed by atoms with van der Waals surface area (Å²) in [6.45, 7) is 9.23. The number of anilines is 1. The first-order valence-corrected chi connectivity index (χ1v) is 10.5. The molecule has 0 aliphatic carbocycles. The maximum atomic E-state index is 12.8. The molecule has 1 aliphatic heterocycles. The van der Waals surface area contributed by atoms with E-state index in [-0.39, 0.29) is 30.2 Å². The molecule has 0 radical (unpaired) electrons. The van der Waals surface area contributed by atoms with Crippen molar-refractivity contribution < 1.29 is 9.59 Å². The van der Waals surface area contributed by atoms with Gasteiger partial charge in [-0.05, 0) is 36.5 Å². The zero-order chi connectivity index (χ0) is 21.0. The highest BCUT2D eigenvalue weighted by atomic mass is 16.2. The van der Waals surface area contributed by atoms with Crippen molar-refractivity contribution in [2.75, 3.05) is 5.32 Å². The average molecular weight is 397 g/mol. The van der Waals surface area contributed by atoms with E-state index in [9.17, 15) is 9.59 Å². The summed E-state index contributed by atoms with van der Waals surface area (Å²) in [5, 5.41) is 6.04. The molecule has 2 aromatic rings. The van der Waals surface area contributed by atoms with Crippen molar-refractivity contribution in [3.8, 4) is 0 Å². The van der Waals surface area contributed by atoms with Crippen LogP contribution in [0.25, 0.3) is 0 Å². The van der Waals surface area contributed by atoms with Crippen LogP contribution in [-0.2, 0) is 16.1 Å². The van der Waals surface area contributed by atoms with Crippen molar-refractivity contribution in [2.24, 2.45) is 11.8 Å². The zero-order valence-electron chi connectivity index (χ0n) is 17.8. The second-order valence-corrected chi connectivity index (χ2v) is 8.79. The molecule has 1 fully saturated rings. The molecular weight excluding hydrogens is 364 g/mol. The quantitative estimate of drug-likeness (QED) is 0.744. The van der Waals surface area contributed by atoms with Crippen molar-refractivity contribution in [1.29, 1.82) is 0 Å². The lowest BCUT2D eigenvalue weighted by Gasteiger charge is -2.30. The highest BCUT2D eigenvalue weighted by Gasteiger charge is 2.31. The van der Waals surface area contributed by atoms with Gasteiger partial charge in [0.2, 0.25) is 11.8 Å². The van der Waals surface area contributed by atoms with E-state index in [2.05, 4.69) is 47.9 Å². The minimum absolute atomic E-state index is 0.0304. The lowest BCUT2D eigenvalue weighted by molar-refractivity contribution is -0.131.